The van der Waals surface area contributed by atoms with Crippen LogP contribution in [0.1, 0.15) is 24.2 Å². The summed E-state index contributed by atoms with van der Waals surface area (Å²) in [6.45, 7) is 1.89. The normalized spacial score (nSPS) is 19.7. The number of benzene rings is 1. The summed E-state index contributed by atoms with van der Waals surface area (Å²) in [5.41, 5.74) is 1.89. The molecule has 5 heteroatoms. The number of rotatable bonds is 3. The van der Waals surface area contributed by atoms with Crippen molar-refractivity contribution in [2.45, 2.75) is 25.5 Å². The van der Waals surface area contributed by atoms with Crippen molar-refractivity contribution in [3.63, 3.8) is 0 Å². The highest BCUT2D eigenvalue weighted by Crippen LogP contribution is 2.26. The van der Waals surface area contributed by atoms with Crippen LogP contribution in [0.3, 0.4) is 0 Å². The lowest BCUT2D eigenvalue weighted by atomic mass is 9.97. The maximum absolute atomic E-state index is 12.0. The molecule has 0 radical (unpaired) electrons. The van der Waals surface area contributed by atoms with E-state index in [0.717, 1.165) is 17.5 Å². The van der Waals surface area contributed by atoms with Gasteiger partial charge in [-0.1, -0.05) is 24.3 Å². The third-order valence-corrected chi connectivity index (χ3v) is 2.96. The van der Waals surface area contributed by atoms with Gasteiger partial charge in [-0.05, 0) is 24.5 Å². The van der Waals surface area contributed by atoms with E-state index in [-0.39, 0.29) is 0 Å². The molecule has 1 aromatic carbocycles. The first-order chi connectivity index (χ1) is 8.59. The van der Waals surface area contributed by atoms with Crippen LogP contribution in [0.15, 0.2) is 24.3 Å². The third kappa shape index (κ3) is 2.51. The number of fused-ring (bicyclic) bond motifs is 1. The Kier molecular flexibility index (Phi) is 3.62. The minimum Gasteiger partial charge on any atom is -0.480 e. The van der Waals surface area contributed by atoms with Crippen molar-refractivity contribution in [2.75, 3.05) is 6.61 Å². The van der Waals surface area contributed by atoms with E-state index in [9.17, 15) is 9.59 Å². The fourth-order valence-electron chi connectivity index (χ4n) is 1.96. The second-order valence-corrected chi connectivity index (χ2v) is 4.27. The summed E-state index contributed by atoms with van der Waals surface area (Å²) in [5, 5.41) is 11.2. The molecule has 0 aliphatic carbocycles. The van der Waals surface area contributed by atoms with Gasteiger partial charge in [-0.25, -0.2) is 0 Å². The lowest BCUT2D eigenvalue weighted by Gasteiger charge is -2.25. The number of carbonyl (C=O) groups is 2. The summed E-state index contributed by atoms with van der Waals surface area (Å²) in [4.78, 5) is 22.7. The number of ether oxygens (including phenoxy) is 1. The zero-order valence-electron chi connectivity index (χ0n) is 10.1. The fraction of sp³-hybridized carbons (Fsp3) is 0.385. The minimum absolute atomic E-state index is 0.406. The zero-order valence-corrected chi connectivity index (χ0v) is 10.1. The Morgan fingerprint density at radius 1 is 1.44 bits per heavy atom. The Morgan fingerprint density at radius 2 is 2.17 bits per heavy atom. The molecule has 1 amide bonds. The molecule has 1 heterocycles. The van der Waals surface area contributed by atoms with Gasteiger partial charge in [0.05, 0.1) is 6.61 Å². The van der Waals surface area contributed by atoms with Crippen molar-refractivity contribution in [3.05, 3.63) is 35.4 Å². The lowest BCUT2D eigenvalue weighted by Crippen LogP contribution is -2.42. The molecule has 0 fully saturated rings. The largest absolute Gasteiger partial charge is 0.480 e. The van der Waals surface area contributed by atoms with Crippen molar-refractivity contribution in [1.29, 1.82) is 0 Å². The summed E-state index contributed by atoms with van der Waals surface area (Å²) < 4.78 is 5.44. The number of carboxylic acid groups (broad SMARTS) is 1. The molecule has 0 spiro atoms. The van der Waals surface area contributed by atoms with E-state index >= 15 is 0 Å². The van der Waals surface area contributed by atoms with E-state index in [1.165, 1.54) is 6.92 Å². The quantitative estimate of drug-likeness (QED) is 0.834. The first-order valence-electron chi connectivity index (χ1n) is 5.82. The molecule has 2 rings (SSSR count). The van der Waals surface area contributed by atoms with E-state index in [2.05, 4.69) is 5.32 Å². The molecule has 0 saturated carbocycles. The Morgan fingerprint density at radius 3 is 2.89 bits per heavy atom. The van der Waals surface area contributed by atoms with Gasteiger partial charge in [-0.15, -0.1) is 0 Å². The molecule has 2 N–H and O–H groups in total. The zero-order chi connectivity index (χ0) is 13.1. The summed E-state index contributed by atoms with van der Waals surface area (Å²) in [7, 11) is 0. The minimum atomic E-state index is -1.06. The number of aliphatic carboxylic acids is 1. The molecule has 0 aromatic heterocycles. The smallest absolute Gasteiger partial charge is 0.325 e. The lowest BCUT2D eigenvalue weighted by molar-refractivity contribution is -0.144. The van der Waals surface area contributed by atoms with Crippen LogP contribution >= 0.6 is 0 Å². The highest BCUT2D eigenvalue weighted by atomic mass is 16.5. The number of nitrogens with one attached hydrogen (secondary N) is 1. The molecular weight excluding hydrogens is 234 g/mol. The average molecular weight is 249 g/mol. The van der Waals surface area contributed by atoms with Crippen LogP contribution in [0.4, 0.5) is 0 Å². The molecule has 96 valence electrons. The van der Waals surface area contributed by atoms with Gasteiger partial charge in [-0.3, -0.25) is 9.59 Å². The monoisotopic (exact) mass is 249 g/mol. The Bertz CT molecular complexity index is 472. The maximum atomic E-state index is 12.0. The van der Waals surface area contributed by atoms with Crippen LogP contribution in [0.5, 0.6) is 0 Å². The van der Waals surface area contributed by atoms with Gasteiger partial charge >= 0.3 is 5.97 Å². The van der Waals surface area contributed by atoms with E-state index < -0.39 is 24.0 Å². The first kappa shape index (κ1) is 12.6. The standard InChI is InChI=1S/C13H15NO4/c1-8(13(16)17)14-12(15)11-10-5-3-2-4-9(10)6-7-18-11/h2-5,8,11H,6-7H2,1H3,(H,14,15)(H,16,17). The van der Waals surface area contributed by atoms with Crippen LogP contribution in [0.2, 0.25) is 0 Å². The van der Waals surface area contributed by atoms with Crippen molar-refractivity contribution >= 4 is 11.9 Å². The second-order valence-electron chi connectivity index (χ2n) is 4.27. The van der Waals surface area contributed by atoms with Gasteiger partial charge in [0, 0.05) is 0 Å². The summed E-state index contributed by atoms with van der Waals surface area (Å²) in [5.74, 6) is -1.47. The van der Waals surface area contributed by atoms with Gasteiger partial charge in [0.15, 0.2) is 6.10 Å². The molecule has 1 aromatic rings. The Labute approximate surface area is 105 Å². The SMILES string of the molecule is CC(NC(=O)C1OCCc2ccccc21)C(=O)O. The number of carbonyl (C=O) groups excluding carboxylic acids is 1. The van der Waals surface area contributed by atoms with E-state index in [1.54, 1.807) is 0 Å². The molecule has 2 atom stereocenters. The first-order valence-corrected chi connectivity index (χ1v) is 5.82. The van der Waals surface area contributed by atoms with E-state index in [0.29, 0.717) is 6.61 Å². The number of amides is 1. The molecule has 18 heavy (non-hydrogen) atoms. The predicted molar refractivity (Wildman–Crippen MR) is 64.1 cm³/mol. The molecule has 0 bridgehead atoms. The molecule has 1 aliphatic heterocycles. The van der Waals surface area contributed by atoms with Crippen LogP contribution in [-0.2, 0) is 20.7 Å². The highest BCUT2D eigenvalue weighted by molar-refractivity contribution is 5.87. The number of hydrogen-bond donors (Lipinski definition) is 2. The van der Waals surface area contributed by atoms with Gasteiger partial charge in [0.25, 0.3) is 5.91 Å². The van der Waals surface area contributed by atoms with Gasteiger partial charge in [0.2, 0.25) is 0 Å². The van der Waals surface area contributed by atoms with E-state index in [1.807, 2.05) is 24.3 Å². The second kappa shape index (κ2) is 5.18. The number of carboxylic acids is 1. The van der Waals surface area contributed by atoms with Crippen molar-refractivity contribution in [3.8, 4) is 0 Å². The molecule has 2 unspecified atom stereocenters. The average Bonchev–Trinajstić information content (AvgIpc) is 2.37. The topological polar surface area (TPSA) is 75.6 Å². The fourth-order valence-corrected chi connectivity index (χ4v) is 1.96. The summed E-state index contributed by atoms with van der Waals surface area (Å²) in [6, 6.07) is 6.63. The molecule has 0 saturated heterocycles. The van der Waals surface area contributed by atoms with Crippen molar-refractivity contribution in [2.24, 2.45) is 0 Å². The van der Waals surface area contributed by atoms with Gasteiger partial charge < -0.3 is 15.2 Å². The van der Waals surface area contributed by atoms with Crippen LogP contribution in [0, 0.1) is 0 Å². The Hall–Kier alpha value is -1.88. The van der Waals surface area contributed by atoms with Crippen LogP contribution in [-0.4, -0.2) is 29.6 Å². The molecule has 1 aliphatic rings. The third-order valence-electron chi connectivity index (χ3n) is 2.96. The van der Waals surface area contributed by atoms with Gasteiger partial charge in [-0.2, -0.15) is 0 Å². The van der Waals surface area contributed by atoms with Crippen LogP contribution in [0.25, 0.3) is 0 Å². The molecular formula is C13H15NO4. The van der Waals surface area contributed by atoms with Crippen molar-refractivity contribution < 1.29 is 19.4 Å². The highest BCUT2D eigenvalue weighted by Gasteiger charge is 2.28. The summed E-state index contributed by atoms with van der Waals surface area (Å²) in [6.07, 6.45) is 0.0609. The predicted octanol–water partition coefficient (Wildman–Crippen LogP) is 0.890. The number of hydrogen-bond acceptors (Lipinski definition) is 3. The van der Waals surface area contributed by atoms with Crippen molar-refractivity contribution in [1.82, 2.24) is 5.32 Å². The van der Waals surface area contributed by atoms with E-state index in [4.69, 9.17) is 9.84 Å². The van der Waals surface area contributed by atoms with Crippen LogP contribution < -0.4 is 5.32 Å². The van der Waals surface area contributed by atoms with Gasteiger partial charge in [0.1, 0.15) is 6.04 Å². The maximum Gasteiger partial charge on any atom is 0.325 e. The Balaban J connectivity index is 2.15. The molecule has 5 nitrogen and oxygen atoms in total. The summed E-state index contributed by atoms with van der Waals surface area (Å²) >= 11 is 0.